The van der Waals surface area contributed by atoms with Gasteiger partial charge in [-0.2, -0.15) is 0 Å². The van der Waals surface area contributed by atoms with Gasteiger partial charge in [0.15, 0.2) is 9.84 Å². The molecule has 26 heavy (non-hydrogen) atoms. The van der Waals surface area contributed by atoms with Crippen LogP contribution in [0, 0.1) is 0 Å². The molecule has 0 saturated carbocycles. The molecule has 0 aliphatic carbocycles. The second-order valence-corrected chi connectivity index (χ2v) is 10.3. The van der Waals surface area contributed by atoms with E-state index in [1.165, 1.54) is 9.78 Å². The third-order valence-corrected chi connectivity index (χ3v) is 7.65. The maximum atomic E-state index is 12.7. The minimum absolute atomic E-state index is 0.00870. The van der Waals surface area contributed by atoms with E-state index in [-0.39, 0.29) is 23.4 Å². The molecule has 0 radical (unpaired) electrons. The number of aryl methyl sites for hydroxylation is 1. The highest BCUT2D eigenvalue weighted by molar-refractivity contribution is 7.91. The summed E-state index contributed by atoms with van der Waals surface area (Å²) in [5, 5.41) is 2.02. The third kappa shape index (κ3) is 4.03. The van der Waals surface area contributed by atoms with E-state index in [2.05, 4.69) is 6.07 Å². The van der Waals surface area contributed by atoms with Gasteiger partial charge in [0.1, 0.15) is 0 Å². The van der Waals surface area contributed by atoms with Gasteiger partial charge in [0.25, 0.3) is 0 Å². The highest BCUT2D eigenvalue weighted by Crippen LogP contribution is 2.28. The minimum Gasteiger partial charge on any atom is -0.335 e. The van der Waals surface area contributed by atoms with E-state index in [4.69, 9.17) is 0 Å². The van der Waals surface area contributed by atoms with E-state index in [0.29, 0.717) is 19.5 Å². The number of amides is 3. The van der Waals surface area contributed by atoms with E-state index in [0.717, 1.165) is 12.8 Å². The summed E-state index contributed by atoms with van der Waals surface area (Å²) in [5.74, 6) is -0.118. The Hall–Kier alpha value is -1.61. The summed E-state index contributed by atoms with van der Waals surface area (Å²) >= 11 is 1.68. The number of nitrogens with zero attached hydrogens (tertiary/aromatic N) is 3. The van der Waals surface area contributed by atoms with Crippen molar-refractivity contribution >= 4 is 33.1 Å². The zero-order valence-electron chi connectivity index (χ0n) is 15.1. The van der Waals surface area contributed by atoms with E-state index in [1.54, 1.807) is 35.2 Å². The number of rotatable bonds is 4. The molecule has 7 nitrogen and oxygen atoms in total. The van der Waals surface area contributed by atoms with Crippen molar-refractivity contribution in [1.29, 1.82) is 0 Å². The predicted octanol–water partition coefficient (Wildman–Crippen LogP) is 1.06. The van der Waals surface area contributed by atoms with Gasteiger partial charge in [0, 0.05) is 38.5 Å². The molecule has 1 aromatic heterocycles. The first-order valence-corrected chi connectivity index (χ1v) is 11.5. The van der Waals surface area contributed by atoms with Gasteiger partial charge in [-0.15, -0.1) is 11.3 Å². The Balaban J connectivity index is 1.67. The molecule has 0 N–H and O–H groups in total. The van der Waals surface area contributed by atoms with Crippen LogP contribution in [-0.4, -0.2) is 85.8 Å². The molecule has 2 aliphatic rings. The number of hydrogen-bond donors (Lipinski definition) is 0. The number of thiophene rings is 1. The molecule has 2 atom stereocenters. The van der Waals surface area contributed by atoms with Crippen LogP contribution in [0.25, 0.3) is 0 Å². The van der Waals surface area contributed by atoms with E-state index < -0.39 is 21.9 Å². The summed E-state index contributed by atoms with van der Waals surface area (Å²) < 4.78 is 24.4. The lowest BCUT2D eigenvalue weighted by Gasteiger charge is -2.44. The van der Waals surface area contributed by atoms with Crippen LogP contribution in [0.3, 0.4) is 0 Å². The van der Waals surface area contributed by atoms with Crippen LogP contribution in [0.5, 0.6) is 0 Å². The van der Waals surface area contributed by atoms with Crippen LogP contribution in [0.2, 0.25) is 0 Å². The van der Waals surface area contributed by atoms with E-state index >= 15 is 0 Å². The fraction of sp³-hybridized carbons (Fsp3) is 0.647. The molecule has 0 aromatic carbocycles. The van der Waals surface area contributed by atoms with Crippen LogP contribution < -0.4 is 0 Å². The van der Waals surface area contributed by atoms with Crippen LogP contribution in [-0.2, 0) is 21.1 Å². The van der Waals surface area contributed by atoms with Gasteiger partial charge >= 0.3 is 6.03 Å². The summed E-state index contributed by atoms with van der Waals surface area (Å²) in [6, 6.07) is 3.00. The van der Waals surface area contributed by atoms with Gasteiger partial charge < -0.3 is 14.7 Å². The van der Waals surface area contributed by atoms with Gasteiger partial charge in [0.05, 0.1) is 23.6 Å². The molecule has 2 unspecified atom stereocenters. The van der Waals surface area contributed by atoms with Crippen molar-refractivity contribution in [2.45, 2.75) is 31.3 Å². The normalized spacial score (nSPS) is 24.4. The maximum absolute atomic E-state index is 12.7. The zero-order valence-corrected chi connectivity index (χ0v) is 16.8. The first-order chi connectivity index (χ1) is 12.3. The summed E-state index contributed by atoms with van der Waals surface area (Å²) in [7, 11) is 0.0633. The number of piperazine rings is 1. The lowest BCUT2D eigenvalue weighted by atomic mass is 10.0. The minimum atomic E-state index is -3.25. The number of hydrogen-bond acceptors (Lipinski definition) is 5. The molecule has 3 amide bonds. The van der Waals surface area contributed by atoms with Gasteiger partial charge in [-0.1, -0.05) is 6.07 Å². The van der Waals surface area contributed by atoms with Gasteiger partial charge in [-0.3, -0.25) is 4.79 Å². The van der Waals surface area contributed by atoms with Crippen LogP contribution in [0.15, 0.2) is 17.5 Å². The van der Waals surface area contributed by atoms with Crippen LogP contribution in [0.1, 0.15) is 17.7 Å². The quantitative estimate of drug-likeness (QED) is 0.759. The van der Waals surface area contributed by atoms with Crippen molar-refractivity contribution in [1.82, 2.24) is 14.7 Å². The standard InChI is InChI=1S/C17H25N3O4S2/c1-18(2)17(22)20-9-8-19(14-11-26(23,24)12-15(14)20)16(21)7-3-5-13-6-4-10-25-13/h4,6,10,14-15H,3,5,7-9,11-12H2,1-2H3. The van der Waals surface area contributed by atoms with Crippen molar-refractivity contribution in [3.8, 4) is 0 Å². The lowest BCUT2D eigenvalue weighted by molar-refractivity contribution is -0.136. The van der Waals surface area contributed by atoms with Gasteiger partial charge in [0.2, 0.25) is 5.91 Å². The number of carbonyl (C=O) groups excluding carboxylic acids is 2. The first-order valence-electron chi connectivity index (χ1n) is 8.79. The van der Waals surface area contributed by atoms with E-state index in [1.807, 2.05) is 11.4 Å². The molecular weight excluding hydrogens is 374 g/mol. The smallest absolute Gasteiger partial charge is 0.319 e. The van der Waals surface area contributed by atoms with E-state index in [9.17, 15) is 18.0 Å². The van der Waals surface area contributed by atoms with Gasteiger partial charge in [-0.05, 0) is 24.3 Å². The Morgan fingerprint density at radius 1 is 1.19 bits per heavy atom. The predicted molar refractivity (Wildman–Crippen MR) is 101 cm³/mol. The molecule has 2 saturated heterocycles. The Bertz CT molecular complexity index is 761. The lowest BCUT2D eigenvalue weighted by Crippen LogP contribution is -2.63. The number of fused-ring (bicyclic) bond motifs is 1. The van der Waals surface area contributed by atoms with Gasteiger partial charge in [-0.25, -0.2) is 13.2 Å². The zero-order chi connectivity index (χ0) is 18.9. The topological polar surface area (TPSA) is 78.0 Å². The monoisotopic (exact) mass is 399 g/mol. The molecule has 2 fully saturated rings. The largest absolute Gasteiger partial charge is 0.335 e. The first kappa shape index (κ1) is 19.2. The average molecular weight is 400 g/mol. The molecule has 9 heteroatoms. The molecule has 144 valence electrons. The molecule has 2 aliphatic heterocycles. The molecule has 0 bridgehead atoms. The Morgan fingerprint density at radius 2 is 1.85 bits per heavy atom. The molecule has 0 spiro atoms. The summed E-state index contributed by atoms with van der Waals surface area (Å²) in [6.07, 6.45) is 2.01. The second-order valence-electron chi connectivity index (χ2n) is 7.10. The summed E-state index contributed by atoms with van der Waals surface area (Å²) in [6.45, 7) is 0.776. The number of sulfone groups is 1. The van der Waals surface area contributed by atoms with Crippen molar-refractivity contribution in [2.75, 3.05) is 38.7 Å². The third-order valence-electron chi connectivity index (χ3n) is 5.02. The molecule has 1 aromatic rings. The highest BCUT2D eigenvalue weighted by Gasteiger charge is 2.49. The van der Waals surface area contributed by atoms with Crippen molar-refractivity contribution < 1.29 is 18.0 Å². The fourth-order valence-electron chi connectivity index (χ4n) is 3.77. The SMILES string of the molecule is CN(C)C(=O)N1CCN(C(=O)CCCc2cccs2)C2CS(=O)(=O)CC21. The molecule has 3 rings (SSSR count). The summed E-state index contributed by atoms with van der Waals surface area (Å²) in [5.41, 5.74) is 0. The Kier molecular flexibility index (Phi) is 5.57. The fourth-order valence-corrected chi connectivity index (χ4v) is 6.50. The summed E-state index contributed by atoms with van der Waals surface area (Å²) in [4.78, 5) is 31.1. The molecular formula is C17H25N3O4S2. The number of urea groups is 1. The maximum Gasteiger partial charge on any atom is 0.319 e. The Labute approximate surface area is 158 Å². The van der Waals surface area contributed by atoms with Crippen molar-refractivity contribution in [3.05, 3.63) is 22.4 Å². The second kappa shape index (κ2) is 7.56. The molecule has 3 heterocycles. The van der Waals surface area contributed by atoms with Crippen LogP contribution in [0.4, 0.5) is 4.79 Å². The van der Waals surface area contributed by atoms with Crippen LogP contribution >= 0.6 is 11.3 Å². The highest BCUT2D eigenvalue weighted by atomic mass is 32.2. The average Bonchev–Trinajstić information content (AvgIpc) is 3.19. The number of carbonyl (C=O) groups is 2. The van der Waals surface area contributed by atoms with Crippen molar-refractivity contribution in [2.24, 2.45) is 0 Å². The Morgan fingerprint density at radius 3 is 2.46 bits per heavy atom. The van der Waals surface area contributed by atoms with Crippen molar-refractivity contribution in [3.63, 3.8) is 0 Å².